The number of hydrogen-bond acceptors (Lipinski definition) is 6. The summed E-state index contributed by atoms with van der Waals surface area (Å²) in [6, 6.07) is 13.7. The van der Waals surface area contributed by atoms with E-state index in [-0.39, 0.29) is 37.7 Å². The third kappa shape index (κ3) is 7.33. The molecule has 0 aliphatic carbocycles. The van der Waals surface area contributed by atoms with Crippen LogP contribution in [0.25, 0.3) is 0 Å². The number of nitrogens with zero attached hydrogens (tertiary/aromatic N) is 2. The van der Waals surface area contributed by atoms with E-state index >= 15 is 0 Å². The van der Waals surface area contributed by atoms with Crippen molar-refractivity contribution in [2.75, 3.05) is 19.1 Å². The molecule has 0 saturated heterocycles. The highest BCUT2D eigenvalue weighted by atomic mass is 127. The normalized spacial score (nSPS) is 13.5. The molecule has 0 bridgehead atoms. The van der Waals surface area contributed by atoms with Gasteiger partial charge in [-0.05, 0) is 73.9 Å². The van der Waals surface area contributed by atoms with E-state index in [0.29, 0.717) is 17.2 Å². The zero-order valence-corrected chi connectivity index (χ0v) is 24.0. The second kappa shape index (κ2) is 12.7. The van der Waals surface area contributed by atoms with Crippen LogP contribution >= 0.6 is 50.1 Å². The minimum atomic E-state index is -0.768. The van der Waals surface area contributed by atoms with Crippen LogP contribution in [0.2, 0.25) is 0 Å². The van der Waals surface area contributed by atoms with Gasteiger partial charge in [0.2, 0.25) is 0 Å². The van der Waals surface area contributed by atoms with Gasteiger partial charge in [0, 0.05) is 5.41 Å². The molecule has 3 N–H and O–H groups in total. The lowest BCUT2D eigenvalue weighted by molar-refractivity contribution is 0.0871. The van der Waals surface area contributed by atoms with E-state index in [1.165, 1.54) is 0 Å². The largest absolute Gasteiger partial charge is 0.491 e. The van der Waals surface area contributed by atoms with Crippen LogP contribution in [0.4, 0.5) is 0 Å². The first-order chi connectivity index (χ1) is 16.6. The van der Waals surface area contributed by atoms with E-state index in [2.05, 4.69) is 57.5 Å². The van der Waals surface area contributed by atoms with Crippen molar-refractivity contribution in [1.82, 2.24) is 9.78 Å². The highest BCUT2D eigenvalue weighted by molar-refractivity contribution is 14.1. The topological polar surface area (TPSA) is 97.0 Å². The van der Waals surface area contributed by atoms with E-state index in [4.69, 9.17) is 21.1 Å². The Balaban J connectivity index is 1.61. The molecule has 0 fully saturated rings. The number of benzene rings is 2. The van der Waals surface area contributed by atoms with Gasteiger partial charge in [-0.3, -0.25) is 4.68 Å². The van der Waals surface area contributed by atoms with Gasteiger partial charge in [-0.2, -0.15) is 5.10 Å². The molecule has 2 aromatic carbocycles. The first-order valence-corrected chi connectivity index (χ1v) is 13.5. The fourth-order valence-electron chi connectivity index (χ4n) is 3.52. The molecule has 0 unspecified atom stereocenters. The second-order valence-electron chi connectivity index (χ2n) is 8.66. The number of aromatic nitrogens is 2. The first-order valence-electron chi connectivity index (χ1n) is 11.0. The fourth-order valence-corrected chi connectivity index (χ4v) is 4.67. The van der Waals surface area contributed by atoms with Crippen molar-refractivity contribution in [3.63, 3.8) is 0 Å². The van der Waals surface area contributed by atoms with Crippen molar-refractivity contribution >= 4 is 50.1 Å². The summed E-state index contributed by atoms with van der Waals surface area (Å²) < 4.78 is 14.7. The smallest absolute Gasteiger partial charge is 0.133 e. The molecule has 1 heterocycles. The summed E-state index contributed by atoms with van der Waals surface area (Å²) in [6.07, 6.45) is 0.176. The Bertz CT molecular complexity index is 1110. The van der Waals surface area contributed by atoms with Gasteiger partial charge in [0.15, 0.2) is 0 Å². The Morgan fingerprint density at radius 1 is 1.06 bits per heavy atom. The molecule has 0 amide bonds. The number of halogens is 3. The van der Waals surface area contributed by atoms with Crippen LogP contribution in [-0.4, -0.2) is 56.4 Å². The van der Waals surface area contributed by atoms with E-state index in [1.54, 1.807) is 10.9 Å². The zero-order chi connectivity index (χ0) is 25.6. The Morgan fingerprint density at radius 3 is 2.34 bits per heavy atom. The third-order valence-electron chi connectivity index (χ3n) is 5.71. The van der Waals surface area contributed by atoms with Gasteiger partial charge in [0.1, 0.15) is 36.9 Å². The summed E-state index contributed by atoms with van der Waals surface area (Å²) in [5, 5.41) is 33.6. The van der Waals surface area contributed by atoms with Crippen LogP contribution in [0.15, 0.2) is 53.1 Å². The highest BCUT2D eigenvalue weighted by Gasteiger charge is 2.24. The lowest BCUT2D eigenvalue weighted by atomic mass is 9.78. The summed E-state index contributed by atoms with van der Waals surface area (Å²) in [5.41, 5.74) is 2.58. The molecule has 0 radical (unpaired) electrons. The van der Waals surface area contributed by atoms with Gasteiger partial charge in [0.05, 0.1) is 39.0 Å². The number of ether oxygens (including phenoxy) is 2. The maximum absolute atomic E-state index is 10.4. The molecule has 7 nitrogen and oxygen atoms in total. The summed E-state index contributed by atoms with van der Waals surface area (Å²) >= 11 is 11.3. The summed E-state index contributed by atoms with van der Waals surface area (Å²) in [6.45, 7) is 4.62. The molecular weight excluding hydrogens is 651 g/mol. The summed E-state index contributed by atoms with van der Waals surface area (Å²) in [5.74, 6) is 1.42. The molecule has 0 spiro atoms. The highest BCUT2D eigenvalue weighted by Crippen LogP contribution is 2.36. The first kappa shape index (κ1) is 28.2. The van der Waals surface area contributed by atoms with Crippen molar-refractivity contribution in [2.45, 2.75) is 44.6 Å². The number of rotatable bonds is 12. The zero-order valence-electron chi connectivity index (χ0n) is 19.5. The van der Waals surface area contributed by atoms with Gasteiger partial charge in [-0.1, -0.05) is 32.0 Å². The molecule has 1 aromatic heterocycles. The minimum absolute atomic E-state index is 0.108. The Kier molecular flexibility index (Phi) is 10.3. The van der Waals surface area contributed by atoms with E-state index < -0.39 is 12.2 Å². The molecule has 35 heavy (non-hydrogen) atoms. The third-order valence-corrected chi connectivity index (χ3v) is 7.59. The number of aliphatic hydroxyl groups excluding tert-OH is 3. The molecule has 3 aromatic rings. The Labute approximate surface area is 232 Å². The molecular formula is C25H29BrClIN2O5. The van der Waals surface area contributed by atoms with Crippen LogP contribution in [0.1, 0.15) is 30.7 Å². The lowest BCUT2D eigenvalue weighted by Crippen LogP contribution is -2.25. The van der Waals surface area contributed by atoms with Crippen LogP contribution < -0.4 is 9.47 Å². The predicted molar refractivity (Wildman–Crippen MR) is 147 cm³/mol. The monoisotopic (exact) mass is 678 g/mol. The number of alkyl halides is 1. The Morgan fingerprint density at radius 2 is 1.71 bits per heavy atom. The van der Waals surface area contributed by atoms with Gasteiger partial charge in [-0.25, -0.2) is 0 Å². The van der Waals surface area contributed by atoms with Crippen molar-refractivity contribution < 1.29 is 24.8 Å². The molecule has 3 rings (SSSR count). The molecule has 0 aliphatic heterocycles. The Hall–Kier alpha value is -1.37. The second-order valence-corrected chi connectivity index (χ2v) is 11.0. The van der Waals surface area contributed by atoms with Gasteiger partial charge in [0.25, 0.3) is 0 Å². The van der Waals surface area contributed by atoms with Gasteiger partial charge in [-0.15, -0.1) is 11.6 Å². The van der Waals surface area contributed by atoms with Crippen molar-refractivity contribution in [1.29, 1.82) is 0 Å². The SMILES string of the molecule is CC(C)(c1ccc(OC[C@H](O)Cn2ncc(I)c2CO)cc1)c1ccc(OC[C@@H](O)CCl)c(Br)c1. The molecule has 190 valence electrons. The van der Waals surface area contributed by atoms with E-state index in [9.17, 15) is 15.3 Å². The van der Waals surface area contributed by atoms with Crippen LogP contribution in [0.5, 0.6) is 11.5 Å². The maximum Gasteiger partial charge on any atom is 0.133 e. The number of aliphatic hydroxyl groups is 3. The van der Waals surface area contributed by atoms with E-state index in [0.717, 1.165) is 19.2 Å². The van der Waals surface area contributed by atoms with Crippen molar-refractivity contribution in [2.24, 2.45) is 0 Å². The summed E-state index contributed by atoms with van der Waals surface area (Å²) in [7, 11) is 0. The fraction of sp³-hybridized carbons (Fsp3) is 0.400. The van der Waals surface area contributed by atoms with Crippen molar-refractivity contribution in [3.05, 3.63) is 73.5 Å². The quantitative estimate of drug-likeness (QED) is 0.193. The average Bonchev–Trinajstić information content (AvgIpc) is 3.20. The van der Waals surface area contributed by atoms with Gasteiger partial charge < -0.3 is 24.8 Å². The predicted octanol–water partition coefficient (Wildman–Crippen LogP) is 4.49. The molecule has 0 aliphatic rings. The average molecular weight is 680 g/mol. The molecule has 10 heteroatoms. The molecule has 2 atom stereocenters. The van der Waals surface area contributed by atoms with Crippen LogP contribution in [0, 0.1) is 3.57 Å². The van der Waals surface area contributed by atoms with Gasteiger partial charge >= 0.3 is 0 Å². The van der Waals surface area contributed by atoms with E-state index in [1.807, 2.05) is 42.5 Å². The lowest BCUT2D eigenvalue weighted by Gasteiger charge is -2.27. The van der Waals surface area contributed by atoms with Crippen LogP contribution in [0.3, 0.4) is 0 Å². The maximum atomic E-state index is 10.4. The van der Waals surface area contributed by atoms with Crippen LogP contribution in [-0.2, 0) is 18.6 Å². The van der Waals surface area contributed by atoms with Crippen molar-refractivity contribution in [3.8, 4) is 11.5 Å². The number of hydrogen-bond donors (Lipinski definition) is 3. The standard InChI is InChI=1S/C25H29BrClIN2O5/c1-25(2,17-5-8-24(21(26)9-17)35-14-18(32)10-27)16-3-6-20(7-4-16)34-15-19(33)12-30-23(13-31)22(28)11-29-30/h3-9,11,18-19,31-33H,10,12-15H2,1-2H3/t18-,19+/m0/s1. The summed E-state index contributed by atoms with van der Waals surface area (Å²) in [4.78, 5) is 0. The minimum Gasteiger partial charge on any atom is -0.491 e. The molecule has 0 saturated carbocycles.